The van der Waals surface area contributed by atoms with Crippen molar-refractivity contribution in [2.45, 2.75) is 39.0 Å². The minimum absolute atomic E-state index is 0.150. The van der Waals surface area contributed by atoms with E-state index in [-0.39, 0.29) is 11.4 Å². The Morgan fingerprint density at radius 2 is 2.12 bits per heavy atom. The fourth-order valence-corrected chi connectivity index (χ4v) is 2.42. The van der Waals surface area contributed by atoms with Crippen LogP contribution < -0.4 is 4.74 Å². The van der Waals surface area contributed by atoms with E-state index < -0.39 is 0 Å². The highest BCUT2D eigenvalue weighted by Crippen LogP contribution is 2.37. The van der Waals surface area contributed by atoms with E-state index in [2.05, 4.69) is 4.98 Å². The van der Waals surface area contributed by atoms with Gasteiger partial charge in [-0.05, 0) is 31.9 Å². The second-order valence-corrected chi connectivity index (χ2v) is 5.28. The summed E-state index contributed by atoms with van der Waals surface area (Å²) in [6, 6.07) is 3.50. The van der Waals surface area contributed by atoms with Crippen LogP contribution in [0.2, 0.25) is 0 Å². The van der Waals surface area contributed by atoms with E-state index in [0.717, 1.165) is 25.7 Å². The Labute approximate surface area is 106 Å². The maximum Gasteiger partial charge on any atom is 0.317 e. The molecule has 1 aliphatic carbocycles. The lowest BCUT2D eigenvalue weighted by Crippen LogP contribution is -2.34. The number of hydrogen-bond donors (Lipinski definition) is 1. The van der Waals surface area contributed by atoms with Crippen LogP contribution >= 0.6 is 12.2 Å². The first-order valence-electron chi connectivity index (χ1n) is 6.02. The third-order valence-electron chi connectivity index (χ3n) is 3.43. The second-order valence-electron chi connectivity index (χ2n) is 4.87. The molecule has 17 heavy (non-hydrogen) atoms. The van der Waals surface area contributed by atoms with Crippen LogP contribution in [0.3, 0.4) is 0 Å². The Bertz CT molecular complexity index is 460. The van der Waals surface area contributed by atoms with Crippen molar-refractivity contribution in [1.29, 1.82) is 0 Å². The van der Waals surface area contributed by atoms with Crippen LogP contribution in [0.1, 0.15) is 39.0 Å². The van der Waals surface area contributed by atoms with Crippen molar-refractivity contribution in [2.75, 3.05) is 0 Å². The van der Waals surface area contributed by atoms with Gasteiger partial charge < -0.3 is 9.72 Å². The SMILES string of the molecule is CC1(C(=O)Oc2ccc[nH]c2=S)CCCCC1. The summed E-state index contributed by atoms with van der Waals surface area (Å²) in [5.74, 6) is 0.308. The Morgan fingerprint density at radius 1 is 1.41 bits per heavy atom. The summed E-state index contributed by atoms with van der Waals surface area (Å²) in [5, 5.41) is 0. The van der Waals surface area contributed by atoms with Crippen molar-refractivity contribution in [3.05, 3.63) is 23.0 Å². The number of esters is 1. The molecule has 0 atom stereocenters. The van der Waals surface area contributed by atoms with Crippen molar-refractivity contribution >= 4 is 18.2 Å². The minimum atomic E-state index is -0.337. The van der Waals surface area contributed by atoms with E-state index in [1.165, 1.54) is 6.42 Å². The number of ether oxygens (including phenoxy) is 1. The lowest BCUT2D eigenvalue weighted by Gasteiger charge is -2.30. The van der Waals surface area contributed by atoms with Gasteiger partial charge in [0, 0.05) is 6.20 Å². The highest BCUT2D eigenvalue weighted by Gasteiger charge is 2.36. The van der Waals surface area contributed by atoms with Crippen molar-refractivity contribution in [2.24, 2.45) is 5.41 Å². The Balaban J connectivity index is 2.11. The highest BCUT2D eigenvalue weighted by molar-refractivity contribution is 7.71. The molecule has 0 unspecified atom stereocenters. The second kappa shape index (κ2) is 5.00. The van der Waals surface area contributed by atoms with Crippen LogP contribution in [0.25, 0.3) is 0 Å². The highest BCUT2D eigenvalue weighted by atomic mass is 32.1. The lowest BCUT2D eigenvalue weighted by atomic mass is 9.76. The van der Waals surface area contributed by atoms with Crippen LogP contribution in [0, 0.1) is 10.1 Å². The Kier molecular flexibility index (Phi) is 3.62. The molecule has 1 saturated carbocycles. The molecule has 1 aromatic rings. The first-order chi connectivity index (χ1) is 8.12. The van der Waals surface area contributed by atoms with Crippen LogP contribution in [-0.2, 0) is 4.79 Å². The molecule has 4 heteroatoms. The van der Waals surface area contributed by atoms with Gasteiger partial charge in [-0.1, -0.05) is 31.5 Å². The van der Waals surface area contributed by atoms with E-state index in [4.69, 9.17) is 17.0 Å². The van der Waals surface area contributed by atoms with Gasteiger partial charge in [0.1, 0.15) is 4.64 Å². The Morgan fingerprint density at radius 3 is 2.76 bits per heavy atom. The van der Waals surface area contributed by atoms with Crippen LogP contribution in [-0.4, -0.2) is 11.0 Å². The summed E-state index contributed by atoms with van der Waals surface area (Å²) in [7, 11) is 0. The van der Waals surface area contributed by atoms with Gasteiger partial charge in [-0.15, -0.1) is 0 Å². The summed E-state index contributed by atoms with van der Waals surface area (Å²) in [5.41, 5.74) is -0.337. The Hall–Kier alpha value is -1.16. The average Bonchev–Trinajstić information content (AvgIpc) is 2.33. The number of aromatic nitrogens is 1. The summed E-state index contributed by atoms with van der Waals surface area (Å²) in [6.45, 7) is 1.99. The van der Waals surface area contributed by atoms with Gasteiger partial charge in [0.2, 0.25) is 0 Å². The van der Waals surface area contributed by atoms with Gasteiger partial charge in [-0.25, -0.2) is 0 Å². The number of carbonyl (C=O) groups is 1. The molecule has 1 N–H and O–H groups in total. The molecule has 3 nitrogen and oxygen atoms in total. The fraction of sp³-hybridized carbons (Fsp3) is 0.538. The molecule has 0 radical (unpaired) electrons. The van der Waals surface area contributed by atoms with E-state index >= 15 is 0 Å². The van der Waals surface area contributed by atoms with Gasteiger partial charge in [-0.2, -0.15) is 0 Å². The zero-order chi connectivity index (χ0) is 12.3. The monoisotopic (exact) mass is 251 g/mol. The number of hydrogen-bond acceptors (Lipinski definition) is 3. The van der Waals surface area contributed by atoms with Crippen molar-refractivity contribution in [3.63, 3.8) is 0 Å². The molecule has 1 heterocycles. The number of nitrogens with one attached hydrogen (secondary N) is 1. The molecular weight excluding hydrogens is 234 g/mol. The number of rotatable bonds is 2. The standard InChI is InChI=1S/C13H17NO2S/c1-13(7-3-2-4-8-13)12(15)16-10-6-5-9-14-11(10)17/h5-6,9H,2-4,7-8H2,1H3,(H,14,17). The molecule has 0 spiro atoms. The molecule has 1 aromatic heterocycles. The quantitative estimate of drug-likeness (QED) is 0.645. The van der Waals surface area contributed by atoms with Crippen molar-refractivity contribution in [3.8, 4) is 5.75 Å². The molecule has 0 aromatic carbocycles. The number of aromatic amines is 1. The lowest BCUT2D eigenvalue weighted by molar-refractivity contribution is -0.146. The summed E-state index contributed by atoms with van der Waals surface area (Å²) >= 11 is 5.08. The largest absolute Gasteiger partial charge is 0.423 e. The normalized spacial score (nSPS) is 18.6. The third kappa shape index (κ3) is 2.75. The molecular formula is C13H17NO2S. The number of H-pyrrole nitrogens is 1. The molecule has 0 saturated heterocycles. The summed E-state index contributed by atoms with van der Waals surface area (Å²) in [6.07, 6.45) is 6.97. The van der Waals surface area contributed by atoms with Gasteiger partial charge in [0.05, 0.1) is 5.41 Å². The summed E-state index contributed by atoms with van der Waals surface area (Å²) < 4.78 is 5.89. The average molecular weight is 251 g/mol. The van der Waals surface area contributed by atoms with Crippen molar-refractivity contribution in [1.82, 2.24) is 4.98 Å². The predicted octanol–water partition coefficient (Wildman–Crippen LogP) is 3.62. The zero-order valence-corrected chi connectivity index (χ0v) is 10.8. The minimum Gasteiger partial charge on any atom is -0.423 e. The number of pyridine rings is 1. The fourth-order valence-electron chi connectivity index (χ4n) is 2.25. The topological polar surface area (TPSA) is 42.1 Å². The maximum atomic E-state index is 12.2. The summed E-state index contributed by atoms with van der Waals surface area (Å²) in [4.78, 5) is 15.0. The van der Waals surface area contributed by atoms with Gasteiger partial charge in [0.15, 0.2) is 5.75 Å². The third-order valence-corrected chi connectivity index (χ3v) is 3.75. The molecule has 92 valence electrons. The predicted molar refractivity (Wildman–Crippen MR) is 68.5 cm³/mol. The van der Waals surface area contributed by atoms with E-state index in [0.29, 0.717) is 10.4 Å². The van der Waals surface area contributed by atoms with E-state index in [9.17, 15) is 4.79 Å². The van der Waals surface area contributed by atoms with E-state index in [1.807, 2.05) is 6.92 Å². The van der Waals surface area contributed by atoms with E-state index in [1.54, 1.807) is 18.3 Å². The first kappa shape index (κ1) is 12.3. The van der Waals surface area contributed by atoms with Crippen LogP contribution in [0.4, 0.5) is 0 Å². The zero-order valence-electron chi connectivity index (χ0n) is 9.99. The molecule has 2 rings (SSSR count). The number of carbonyl (C=O) groups excluding carboxylic acids is 1. The van der Waals surface area contributed by atoms with Crippen LogP contribution in [0.15, 0.2) is 18.3 Å². The molecule has 0 aliphatic heterocycles. The van der Waals surface area contributed by atoms with Gasteiger partial charge >= 0.3 is 5.97 Å². The molecule has 1 aliphatic rings. The van der Waals surface area contributed by atoms with Gasteiger partial charge in [-0.3, -0.25) is 4.79 Å². The molecule has 0 amide bonds. The molecule has 1 fully saturated rings. The van der Waals surface area contributed by atoms with Crippen molar-refractivity contribution < 1.29 is 9.53 Å². The van der Waals surface area contributed by atoms with Gasteiger partial charge in [0.25, 0.3) is 0 Å². The molecule has 0 bridgehead atoms. The first-order valence-corrected chi connectivity index (χ1v) is 6.43. The maximum absolute atomic E-state index is 12.2. The van der Waals surface area contributed by atoms with Crippen LogP contribution in [0.5, 0.6) is 5.75 Å². The smallest absolute Gasteiger partial charge is 0.317 e.